The summed E-state index contributed by atoms with van der Waals surface area (Å²) in [7, 11) is 0. The minimum absolute atomic E-state index is 0.00958. The molecule has 1 heterocycles. The van der Waals surface area contributed by atoms with Crippen LogP contribution < -0.4 is 0 Å². The van der Waals surface area contributed by atoms with Crippen LogP contribution in [0.5, 0.6) is 0 Å². The van der Waals surface area contributed by atoms with Crippen molar-refractivity contribution in [3.05, 3.63) is 0 Å². The minimum atomic E-state index is -0.0443. The Kier molecular flexibility index (Phi) is 4.56. The molecular formula is C12H24O3. The lowest BCUT2D eigenvalue weighted by molar-refractivity contribution is -0.251. The van der Waals surface area contributed by atoms with Crippen LogP contribution in [0, 0.1) is 11.3 Å². The van der Waals surface area contributed by atoms with Crippen molar-refractivity contribution in [3.63, 3.8) is 0 Å². The van der Waals surface area contributed by atoms with Gasteiger partial charge >= 0.3 is 0 Å². The molecule has 0 saturated carbocycles. The molecule has 0 aliphatic carbocycles. The van der Waals surface area contributed by atoms with Crippen molar-refractivity contribution in [1.82, 2.24) is 0 Å². The predicted molar refractivity (Wildman–Crippen MR) is 59.7 cm³/mol. The maximum Gasteiger partial charge on any atom is 0.159 e. The maximum absolute atomic E-state index is 5.69. The van der Waals surface area contributed by atoms with E-state index < -0.39 is 0 Å². The third kappa shape index (κ3) is 4.09. The Bertz CT molecular complexity index is 181. The van der Waals surface area contributed by atoms with E-state index in [2.05, 4.69) is 20.8 Å². The summed E-state index contributed by atoms with van der Waals surface area (Å²) in [5.74, 6) is 0.417. The van der Waals surface area contributed by atoms with Gasteiger partial charge in [0.25, 0.3) is 0 Å². The molecule has 1 fully saturated rings. The van der Waals surface area contributed by atoms with E-state index in [9.17, 15) is 0 Å². The number of hydrogen-bond acceptors (Lipinski definition) is 3. The largest absolute Gasteiger partial charge is 0.378 e. The van der Waals surface area contributed by atoms with E-state index in [4.69, 9.17) is 14.2 Å². The van der Waals surface area contributed by atoms with Gasteiger partial charge in [-0.2, -0.15) is 0 Å². The van der Waals surface area contributed by atoms with Crippen LogP contribution in [0.25, 0.3) is 0 Å². The molecule has 15 heavy (non-hydrogen) atoms. The van der Waals surface area contributed by atoms with Crippen molar-refractivity contribution in [2.24, 2.45) is 11.3 Å². The second kappa shape index (κ2) is 5.28. The van der Waals surface area contributed by atoms with E-state index in [1.165, 1.54) is 0 Å². The average molecular weight is 216 g/mol. The summed E-state index contributed by atoms with van der Waals surface area (Å²) >= 11 is 0. The van der Waals surface area contributed by atoms with E-state index in [1.807, 2.05) is 13.8 Å². The van der Waals surface area contributed by atoms with Crippen LogP contribution in [-0.2, 0) is 14.2 Å². The van der Waals surface area contributed by atoms with Crippen LogP contribution in [0.1, 0.15) is 34.6 Å². The molecule has 1 rings (SSSR count). The first-order chi connectivity index (χ1) is 6.93. The molecule has 1 saturated heterocycles. The quantitative estimate of drug-likeness (QED) is 0.722. The molecule has 1 aliphatic rings. The van der Waals surface area contributed by atoms with Crippen molar-refractivity contribution in [2.75, 3.05) is 19.8 Å². The van der Waals surface area contributed by atoms with E-state index in [0.29, 0.717) is 12.5 Å². The molecule has 3 nitrogen and oxygen atoms in total. The summed E-state index contributed by atoms with van der Waals surface area (Å²) in [5.41, 5.74) is 0.00958. The number of hydrogen-bond donors (Lipinski definition) is 0. The van der Waals surface area contributed by atoms with E-state index in [0.717, 1.165) is 13.2 Å². The van der Waals surface area contributed by atoms with Crippen LogP contribution in [0.4, 0.5) is 0 Å². The molecule has 0 N–H and O–H groups in total. The topological polar surface area (TPSA) is 27.7 Å². The smallest absolute Gasteiger partial charge is 0.159 e. The van der Waals surface area contributed by atoms with Gasteiger partial charge in [0.1, 0.15) is 0 Å². The zero-order valence-electron chi connectivity index (χ0n) is 10.6. The Morgan fingerprint density at radius 3 is 2.13 bits per heavy atom. The van der Waals surface area contributed by atoms with Crippen molar-refractivity contribution >= 4 is 0 Å². The fourth-order valence-electron chi connectivity index (χ4n) is 1.49. The summed E-state index contributed by atoms with van der Waals surface area (Å²) in [5, 5.41) is 0. The third-order valence-corrected chi connectivity index (χ3v) is 2.50. The SMILES string of the molecule is CC(C)OCC1(C)COC(C(C)C)OC1. The van der Waals surface area contributed by atoms with Gasteiger partial charge in [0.2, 0.25) is 0 Å². The molecule has 0 aromatic rings. The van der Waals surface area contributed by atoms with Gasteiger partial charge in [-0.1, -0.05) is 20.8 Å². The second-order valence-corrected chi connectivity index (χ2v) is 5.40. The molecule has 0 aromatic carbocycles. The van der Waals surface area contributed by atoms with Gasteiger partial charge in [-0.15, -0.1) is 0 Å². The first-order valence-corrected chi connectivity index (χ1v) is 5.78. The Morgan fingerprint density at radius 2 is 1.73 bits per heavy atom. The molecule has 1 aliphatic heterocycles. The molecular weight excluding hydrogens is 192 g/mol. The van der Waals surface area contributed by atoms with Gasteiger partial charge in [0.15, 0.2) is 6.29 Å². The fraction of sp³-hybridized carbons (Fsp3) is 1.00. The lowest BCUT2D eigenvalue weighted by Gasteiger charge is -2.38. The molecule has 0 spiro atoms. The monoisotopic (exact) mass is 216 g/mol. The number of ether oxygens (including phenoxy) is 3. The molecule has 0 amide bonds. The first-order valence-electron chi connectivity index (χ1n) is 5.78. The van der Waals surface area contributed by atoms with Crippen LogP contribution in [0.3, 0.4) is 0 Å². The highest BCUT2D eigenvalue weighted by Gasteiger charge is 2.34. The summed E-state index contributed by atoms with van der Waals surface area (Å²) in [6.07, 6.45) is 0.224. The first kappa shape index (κ1) is 12.9. The maximum atomic E-state index is 5.69. The van der Waals surface area contributed by atoms with E-state index in [-0.39, 0.29) is 17.8 Å². The van der Waals surface area contributed by atoms with Gasteiger partial charge in [-0.05, 0) is 13.8 Å². The Morgan fingerprint density at radius 1 is 1.20 bits per heavy atom. The summed E-state index contributed by atoms with van der Waals surface area (Å²) < 4.78 is 17.0. The predicted octanol–water partition coefficient (Wildman–Crippen LogP) is 2.45. The summed E-state index contributed by atoms with van der Waals surface area (Å²) in [6.45, 7) is 12.6. The fourth-order valence-corrected chi connectivity index (χ4v) is 1.49. The Labute approximate surface area is 93.1 Å². The van der Waals surface area contributed by atoms with Crippen molar-refractivity contribution in [1.29, 1.82) is 0 Å². The molecule has 0 unspecified atom stereocenters. The molecule has 90 valence electrons. The minimum Gasteiger partial charge on any atom is -0.378 e. The third-order valence-electron chi connectivity index (χ3n) is 2.50. The van der Waals surface area contributed by atoms with Gasteiger partial charge in [0.05, 0.1) is 25.9 Å². The van der Waals surface area contributed by atoms with Crippen molar-refractivity contribution in [3.8, 4) is 0 Å². The van der Waals surface area contributed by atoms with Gasteiger partial charge in [0, 0.05) is 11.3 Å². The van der Waals surface area contributed by atoms with Gasteiger partial charge in [-0.3, -0.25) is 0 Å². The lowest BCUT2D eigenvalue weighted by Crippen LogP contribution is -2.44. The van der Waals surface area contributed by atoms with Crippen molar-refractivity contribution in [2.45, 2.75) is 47.0 Å². The molecule has 0 radical (unpaired) electrons. The van der Waals surface area contributed by atoms with E-state index in [1.54, 1.807) is 0 Å². The van der Waals surface area contributed by atoms with E-state index >= 15 is 0 Å². The molecule has 0 aromatic heterocycles. The Hall–Kier alpha value is -0.120. The van der Waals surface area contributed by atoms with Crippen LogP contribution >= 0.6 is 0 Å². The molecule has 3 heteroatoms. The normalized spacial score (nSPS) is 32.6. The standard InChI is InChI=1S/C12H24O3/c1-9(2)11-14-7-12(5,8-15-11)6-13-10(3)4/h9-11H,6-8H2,1-5H3. The van der Waals surface area contributed by atoms with Gasteiger partial charge < -0.3 is 14.2 Å². The van der Waals surface area contributed by atoms with Gasteiger partial charge in [-0.25, -0.2) is 0 Å². The zero-order valence-corrected chi connectivity index (χ0v) is 10.6. The lowest BCUT2D eigenvalue weighted by atomic mass is 9.93. The highest BCUT2D eigenvalue weighted by molar-refractivity contribution is 4.77. The van der Waals surface area contributed by atoms with Crippen LogP contribution in [-0.4, -0.2) is 32.2 Å². The molecule has 0 bridgehead atoms. The average Bonchev–Trinajstić information content (AvgIpc) is 2.16. The number of rotatable bonds is 4. The zero-order chi connectivity index (χ0) is 11.5. The highest BCUT2D eigenvalue weighted by atomic mass is 16.7. The Balaban J connectivity index is 2.34. The highest BCUT2D eigenvalue weighted by Crippen LogP contribution is 2.27. The van der Waals surface area contributed by atoms with Crippen LogP contribution in [0.2, 0.25) is 0 Å². The molecule has 0 atom stereocenters. The van der Waals surface area contributed by atoms with Crippen molar-refractivity contribution < 1.29 is 14.2 Å². The summed E-state index contributed by atoms with van der Waals surface area (Å²) in [6, 6.07) is 0. The second-order valence-electron chi connectivity index (χ2n) is 5.40. The summed E-state index contributed by atoms with van der Waals surface area (Å²) in [4.78, 5) is 0. The van der Waals surface area contributed by atoms with Crippen LogP contribution in [0.15, 0.2) is 0 Å².